The molecule has 0 radical (unpaired) electrons. The Bertz CT molecular complexity index is 1790. The highest BCUT2D eigenvalue weighted by atomic mass is 32.2. The van der Waals surface area contributed by atoms with E-state index in [9.17, 15) is 18.5 Å². The molecule has 1 aliphatic heterocycles. The number of hydrogen-bond acceptors (Lipinski definition) is 9. The summed E-state index contributed by atoms with van der Waals surface area (Å²) in [5.41, 5.74) is 9.52. The molecule has 2 aromatic heterocycles. The molecule has 1 atom stereocenters. The molecule has 0 unspecified atom stereocenters. The number of nitriles is 1. The van der Waals surface area contributed by atoms with E-state index in [1.807, 2.05) is 36.5 Å². The Morgan fingerprint density at radius 2 is 1.80 bits per heavy atom. The number of pyridine rings is 1. The molecule has 41 heavy (non-hydrogen) atoms. The molecule has 1 aliphatic carbocycles. The predicted molar refractivity (Wildman–Crippen MR) is 151 cm³/mol. The van der Waals surface area contributed by atoms with Crippen molar-refractivity contribution in [2.75, 3.05) is 10.7 Å². The van der Waals surface area contributed by atoms with Gasteiger partial charge in [-0.15, -0.1) is 10.2 Å². The molecular formula is C30H28N6O4S. The van der Waals surface area contributed by atoms with Crippen LogP contribution < -0.4 is 10.6 Å². The minimum Gasteiger partial charge on any atom is -0.419 e. The van der Waals surface area contributed by atoms with Crippen molar-refractivity contribution in [2.24, 2.45) is 5.73 Å². The van der Waals surface area contributed by atoms with E-state index in [0.717, 1.165) is 16.8 Å². The molecule has 1 saturated carbocycles. The van der Waals surface area contributed by atoms with E-state index >= 15 is 0 Å². The van der Waals surface area contributed by atoms with E-state index in [1.165, 1.54) is 29.4 Å². The lowest BCUT2D eigenvalue weighted by Crippen LogP contribution is -2.45. The number of hydrogen-bond donors (Lipinski definition) is 1. The number of anilines is 1. The summed E-state index contributed by atoms with van der Waals surface area (Å²) < 4.78 is 32.1. The summed E-state index contributed by atoms with van der Waals surface area (Å²) in [5.74, 6) is -0.145. The third kappa shape index (κ3) is 5.12. The highest BCUT2D eigenvalue weighted by molar-refractivity contribution is 7.91. The first-order chi connectivity index (χ1) is 19.6. The molecule has 11 heteroatoms. The van der Waals surface area contributed by atoms with Crippen molar-refractivity contribution in [3.05, 3.63) is 77.8 Å². The number of aromatic nitrogens is 3. The van der Waals surface area contributed by atoms with Crippen molar-refractivity contribution in [3.8, 4) is 28.8 Å². The van der Waals surface area contributed by atoms with E-state index < -0.39 is 33.0 Å². The first-order valence-corrected chi connectivity index (χ1v) is 15.0. The van der Waals surface area contributed by atoms with Crippen LogP contribution in [-0.4, -0.2) is 41.3 Å². The Morgan fingerprint density at radius 1 is 1.07 bits per heavy atom. The monoisotopic (exact) mass is 568 g/mol. The maximum absolute atomic E-state index is 13.4. The molecule has 2 aliphatic rings. The fraction of sp³-hybridized carbons (Fsp3) is 0.300. The van der Waals surface area contributed by atoms with Crippen molar-refractivity contribution in [1.82, 2.24) is 15.2 Å². The molecule has 1 amide bonds. The fourth-order valence-corrected chi connectivity index (χ4v) is 6.40. The summed E-state index contributed by atoms with van der Waals surface area (Å²) in [5, 5.41) is 17.5. The number of amides is 1. The lowest BCUT2D eigenvalue weighted by atomic mass is 9.96. The molecule has 10 nitrogen and oxygen atoms in total. The smallest absolute Gasteiger partial charge is 0.247 e. The number of nitrogens with two attached hydrogens (primary N) is 1. The Hall–Kier alpha value is -4.40. The zero-order valence-electron chi connectivity index (χ0n) is 22.6. The van der Waals surface area contributed by atoms with Crippen LogP contribution in [0.3, 0.4) is 0 Å². The van der Waals surface area contributed by atoms with Crippen molar-refractivity contribution < 1.29 is 17.6 Å². The second-order valence-corrected chi connectivity index (χ2v) is 13.1. The SMILES string of the molecule is CC(C)(C#N)c1nnc(-c2ccc3c(c2)N(Cc2ccc(-c4ccc(C5CC5)cn4)cc2)C(=O)[C@@H](N)CS3(=O)=O)o1. The zero-order valence-corrected chi connectivity index (χ0v) is 23.4. The zero-order chi connectivity index (χ0) is 28.9. The summed E-state index contributed by atoms with van der Waals surface area (Å²) in [6.45, 7) is 3.41. The van der Waals surface area contributed by atoms with Crippen LogP contribution in [0.5, 0.6) is 0 Å². The van der Waals surface area contributed by atoms with E-state index in [-0.39, 0.29) is 28.9 Å². The number of fused-ring (bicyclic) bond motifs is 1. The third-order valence-electron chi connectivity index (χ3n) is 7.48. The second-order valence-electron chi connectivity index (χ2n) is 11.1. The third-order valence-corrected chi connectivity index (χ3v) is 9.29. The maximum atomic E-state index is 13.4. The van der Waals surface area contributed by atoms with E-state index in [0.29, 0.717) is 11.5 Å². The summed E-state index contributed by atoms with van der Waals surface area (Å²) in [6, 6.07) is 17.2. The van der Waals surface area contributed by atoms with Gasteiger partial charge in [-0.1, -0.05) is 30.3 Å². The van der Waals surface area contributed by atoms with Crippen LogP contribution >= 0.6 is 0 Å². The summed E-state index contributed by atoms with van der Waals surface area (Å²) in [7, 11) is -3.86. The predicted octanol–water partition coefficient (Wildman–Crippen LogP) is 4.12. The summed E-state index contributed by atoms with van der Waals surface area (Å²) in [4.78, 5) is 19.4. The van der Waals surface area contributed by atoms with Crippen LogP contribution in [0.15, 0.2) is 70.1 Å². The highest BCUT2D eigenvalue weighted by Gasteiger charge is 2.37. The molecule has 0 bridgehead atoms. The standard InChI is InChI=1S/C30H28N6O4S/c1-30(2,17-31)29-35-34-27(40-29)21-10-12-26-25(13-21)36(28(37)23(32)16-41(26,38)39)15-18-3-5-20(6-4-18)24-11-9-22(14-33-24)19-7-8-19/h3-6,9-14,19,23H,7-8,15-16,32H2,1-2H3/t23-/m0/s1. The number of carbonyl (C=O) groups excluding carboxylic acids is 1. The van der Waals surface area contributed by atoms with Gasteiger partial charge in [0, 0.05) is 17.3 Å². The Kier molecular flexibility index (Phi) is 6.47. The first kappa shape index (κ1) is 26.8. The van der Waals surface area contributed by atoms with E-state index in [2.05, 4.69) is 27.3 Å². The van der Waals surface area contributed by atoms with Gasteiger partial charge < -0.3 is 15.1 Å². The molecule has 0 spiro atoms. The van der Waals surface area contributed by atoms with Crippen LogP contribution in [0, 0.1) is 11.3 Å². The van der Waals surface area contributed by atoms with Crippen LogP contribution in [0.1, 0.15) is 49.6 Å². The number of nitrogens with zero attached hydrogens (tertiary/aromatic N) is 5. The molecule has 3 heterocycles. The van der Waals surface area contributed by atoms with Crippen molar-refractivity contribution in [1.29, 1.82) is 5.26 Å². The van der Waals surface area contributed by atoms with Gasteiger partial charge in [0.15, 0.2) is 9.84 Å². The van der Waals surface area contributed by atoms with Crippen LogP contribution in [0.4, 0.5) is 5.69 Å². The molecule has 2 N–H and O–H groups in total. The minimum atomic E-state index is -3.86. The van der Waals surface area contributed by atoms with Gasteiger partial charge in [-0.2, -0.15) is 5.26 Å². The van der Waals surface area contributed by atoms with Crippen molar-refractivity contribution in [2.45, 2.75) is 55.5 Å². The molecule has 6 rings (SSSR count). The van der Waals surface area contributed by atoms with Gasteiger partial charge in [0.05, 0.1) is 40.7 Å². The van der Waals surface area contributed by atoms with E-state index in [4.69, 9.17) is 10.2 Å². The highest BCUT2D eigenvalue weighted by Crippen LogP contribution is 2.40. The average molecular weight is 569 g/mol. The number of carbonyl (C=O) groups is 1. The van der Waals surface area contributed by atoms with Gasteiger partial charge in [0.25, 0.3) is 0 Å². The largest absolute Gasteiger partial charge is 0.419 e. The quantitative estimate of drug-likeness (QED) is 0.361. The number of benzene rings is 2. The van der Waals surface area contributed by atoms with Gasteiger partial charge in [0.1, 0.15) is 5.41 Å². The van der Waals surface area contributed by atoms with E-state index in [1.54, 1.807) is 26.0 Å². The fourth-order valence-electron chi connectivity index (χ4n) is 4.84. The lowest BCUT2D eigenvalue weighted by Gasteiger charge is -2.24. The van der Waals surface area contributed by atoms with Gasteiger partial charge in [-0.25, -0.2) is 8.42 Å². The van der Waals surface area contributed by atoms with Crippen LogP contribution in [0.2, 0.25) is 0 Å². The lowest BCUT2D eigenvalue weighted by molar-refractivity contribution is -0.119. The molecule has 4 aromatic rings. The summed E-state index contributed by atoms with van der Waals surface area (Å²) in [6.07, 6.45) is 4.37. The maximum Gasteiger partial charge on any atom is 0.247 e. The summed E-state index contributed by atoms with van der Waals surface area (Å²) >= 11 is 0. The Labute approximate surface area is 237 Å². The topological polar surface area (TPSA) is 156 Å². The molecule has 2 aromatic carbocycles. The van der Waals surface area contributed by atoms with Crippen LogP contribution in [0.25, 0.3) is 22.7 Å². The Balaban J connectivity index is 1.34. The van der Waals surface area contributed by atoms with Gasteiger partial charge in [-0.3, -0.25) is 9.78 Å². The van der Waals surface area contributed by atoms with Crippen molar-refractivity contribution in [3.63, 3.8) is 0 Å². The van der Waals surface area contributed by atoms with Gasteiger partial charge in [-0.05, 0) is 68.0 Å². The molecule has 1 fully saturated rings. The van der Waals surface area contributed by atoms with Crippen molar-refractivity contribution >= 4 is 21.4 Å². The average Bonchev–Trinajstić information content (AvgIpc) is 3.71. The minimum absolute atomic E-state index is 0.00350. The molecule has 0 saturated heterocycles. The second kappa shape index (κ2) is 9.90. The molecular weight excluding hydrogens is 540 g/mol. The Morgan fingerprint density at radius 3 is 2.46 bits per heavy atom. The molecule has 208 valence electrons. The first-order valence-electron chi connectivity index (χ1n) is 13.3. The van der Waals surface area contributed by atoms with Crippen LogP contribution in [-0.2, 0) is 26.6 Å². The number of sulfone groups is 1. The van der Waals surface area contributed by atoms with Gasteiger partial charge in [0.2, 0.25) is 17.7 Å². The number of rotatable bonds is 6. The normalized spacial score (nSPS) is 18.4. The van der Waals surface area contributed by atoms with Gasteiger partial charge >= 0.3 is 0 Å².